The predicted octanol–water partition coefficient (Wildman–Crippen LogP) is 4.71. The number of rotatable bonds is 4. The number of carbonyl (C=O) groups is 2. The zero-order valence-electron chi connectivity index (χ0n) is 15.9. The maximum atomic E-state index is 13.0. The molecule has 1 aliphatic heterocycles. The number of pyridine rings is 1. The summed E-state index contributed by atoms with van der Waals surface area (Å²) >= 11 is 1.19. The largest absolute Gasteiger partial charge is 0.490 e. The van der Waals surface area contributed by atoms with E-state index in [2.05, 4.69) is 10.3 Å². The first kappa shape index (κ1) is 17.9. The molecule has 7 nitrogen and oxygen atoms in total. The van der Waals surface area contributed by atoms with Gasteiger partial charge in [-0.05, 0) is 62.4 Å². The molecule has 3 N–H and O–H groups in total. The second-order valence-corrected chi connectivity index (χ2v) is 8.42. The Morgan fingerprint density at radius 2 is 2.07 bits per heavy atom. The Hall–Kier alpha value is -3.13. The van der Waals surface area contributed by atoms with Crippen LogP contribution in [-0.4, -0.2) is 23.0 Å². The van der Waals surface area contributed by atoms with E-state index >= 15 is 0 Å². The number of anilines is 3. The molecule has 1 aromatic carbocycles. The molecule has 2 aliphatic rings. The summed E-state index contributed by atoms with van der Waals surface area (Å²) in [6.45, 7) is 1.96. The number of urea groups is 1. The third-order valence-corrected chi connectivity index (χ3v) is 6.60. The van der Waals surface area contributed by atoms with Gasteiger partial charge in [0.2, 0.25) is 0 Å². The van der Waals surface area contributed by atoms with Crippen molar-refractivity contribution < 1.29 is 14.3 Å². The molecule has 1 aliphatic carbocycles. The zero-order valence-corrected chi connectivity index (χ0v) is 16.7. The molecule has 2 aromatic heterocycles. The number of aryl methyl sites for hydroxylation is 1. The molecule has 0 spiro atoms. The van der Waals surface area contributed by atoms with Gasteiger partial charge in [0.15, 0.2) is 0 Å². The number of carbonyl (C=O) groups excluding carboxylic acids is 2. The van der Waals surface area contributed by atoms with Crippen molar-refractivity contribution in [2.24, 2.45) is 5.73 Å². The van der Waals surface area contributed by atoms with Gasteiger partial charge >= 0.3 is 6.03 Å². The summed E-state index contributed by atoms with van der Waals surface area (Å²) in [7, 11) is 0. The van der Waals surface area contributed by atoms with Gasteiger partial charge in [0.25, 0.3) is 5.91 Å². The van der Waals surface area contributed by atoms with Crippen molar-refractivity contribution in [3.05, 3.63) is 40.9 Å². The highest BCUT2D eigenvalue weighted by Crippen LogP contribution is 2.46. The van der Waals surface area contributed by atoms with Crippen LogP contribution in [0, 0.1) is 6.92 Å². The fourth-order valence-corrected chi connectivity index (χ4v) is 5.12. The van der Waals surface area contributed by atoms with Crippen molar-refractivity contribution in [1.82, 2.24) is 4.98 Å². The highest BCUT2D eigenvalue weighted by Gasteiger charge is 2.32. The number of ether oxygens (including phenoxy) is 1. The highest BCUT2D eigenvalue weighted by molar-refractivity contribution is 7.21. The van der Waals surface area contributed by atoms with E-state index in [4.69, 9.17) is 10.5 Å². The van der Waals surface area contributed by atoms with Crippen LogP contribution in [0.5, 0.6) is 5.75 Å². The number of amides is 3. The SMILES string of the molecule is Cc1cc(OC2CCCC2)ccc1N1C(=O)Nc2c(C(N)=O)sc3nccc1c23. The highest BCUT2D eigenvalue weighted by atomic mass is 32.1. The number of primary amides is 1. The summed E-state index contributed by atoms with van der Waals surface area (Å²) in [4.78, 5) is 31.7. The van der Waals surface area contributed by atoms with Crippen molar-refractivity contribution in [3.8, 4) is 5.75 Å². The number of hydrogen-bond donors (Lipinski definition) is 2. The van der Waals surface area contributed by atoms with E-state index in [1.807, 2.05) is 25.1 Å². The molecule has 148 valence electrons. The molecule has 5 rings (SSSR count). The maximum Gasteiger partial charge on any atom is 0.331 e. The van der Waals surface area contributed by atoms with Crippen molar-refractivity contribution in [3.63, 3.8) is 0 Å². The van der Waals surface area contributed by atoms with Gasteiger partial charge in [0.1, 0.15) is 15.5 Å². The van der Waals surface area contributed by atoms with Gasteiger partial charge < -0.3 is 15.8 Å². The van der Waals surface area contributed by atoms with Crippen LogP contribution in [0.25, 0.3) is 10.2 Å². The smallest absolute Gasteiger partial charge is 0.331 e. The minimum absolute atomic E-state index is 0.277. The summed E-state index contributed by atoms with van der Waals surface area (Å²) in [5.41, 5.74) is 8.30. The minimum Gasteiger partial charge on any atom is -0.490 e. The van der Waals surface area contributed by atoms with E-state index in [-0.39, 0.29) is 12.1 Å². The lowest BCUT2D eigenvalue weighted by atomic mass is 10.1. The van der Waals surface area contributed by atoms with Crippen LogP contribution >= 0.6 is 11.3 Å². The number of nitrogens with one attached hydrogen (secondary N) is 1. The normalized spacial score (nSPS) is 16.3. The molecular formula is C21H20N4O3S. The monoisotopic (exact) mass is 408 g/mol. The van der Waals surface area contributed by atoms with Gasteiger partial charge in [-0.25, -0.2) is 9.78 Å². The van der Waals surface area contributed by atoms with E-state index in [9.17, 15) is 9.59 Å². The van der Waals surface area contributed by atoms with Crippen LogP contribution in [0.15, 0.2) is 30.5 Å². The summed E-state index contributed by atoms with van der Waals surface area (Å²) in [5, 5.41) is 3.56. The lowest BCUT2D eigenvalue weighted by Crippen LogP contribution is -2.34. The fourth-order valence-electron chi connectivity index (χ4n) is 4.15. The van der Waals surface area contributed by atoms with Gasteiger partial charge in [-0.3, -0.25) is 9.69 Å². The first-order chi connectivity index (χ1) is 14.0. The third kappa shape index (κ3) is 2.91. The number of nitrogens with two attached hydrogens (primary N) is 1. The molecule has 3 aromatic rings. The van der Waals surface area contributed by atoms with Gasteiger partial charge in [-0.1, -0.05) is 0 Å². The number of nitrogens with zero attached hydrogens (tertiary/aromatic N) is 2. The van der Waals surface area contributed by atoms with E-state index < -0.39 is 5.91 Å². The van der Waals surface area contributed by atoms with Crippen molar-refractivity contribution in [2.45, 2.75) is 38.7 Å². The quantitative estimate of drug-likeness (QED) is 0.653. The second kappa shape index (κ2) is 6.73. The zero-order chi connectivity index (χ0) is 20.1. The topological polar surface area (TPSA) is 97.5 Å². The molecule has 0 radical (unpaired) electrons. The van der Waals surface area contributed by atoms with Crippen molar-refractivity contribution in [1.29, 1.82) is 0 Å². The van der Waals surface area contributed by atoms with Crippen molar-refractivity contribution in [2.75, 3.05) is 10.2 Å². The predicted molar refractivity (Wildman–Crippen MR) is 113 cm³/mol. The molecule has 0 atom stereocenters. The molecule has 0 unspecified atom stereocenters. The van der Waals surface area contributed by atoms with Crippen LogP contribution in [0.2, 0.25) is 0 Å². The van der Waals surface area contributed by atoms with Crippen LogP contribution in [0.4, 0.5) is 21.9 Å². The Morgan fingerprint density at radius 1 is 1.28 bits per heavy atom. The lowest BCUT2D eigenvalue weighted by molar-refractivity contribution is 0.100. The molecule has 1 saturated carbocycles. The summed E-state index contributed by atoms with van der Waals surface area (Å²) < 4.78 is 6.09. The van der Waals surface area contributed by atoms with Gasteiger partial charge in [0, 0.05) is 6.20 Å². The van der Waals surface area contributed by atoms with Gasteiger partial charge in [-0.2, -0.15) is 0 Å². The Morgan fingerprint density at radius 3 is 2.79 bits per heavy atom. The molecule has 0 bridgehead atoms. The Bertz CT molecular complexity index is 1150. The summed E-state index contributed by atoms with van der Waals surface area (Å²) in [6, 6.07) is 7.22. The molecule has 29 heavy (non-hydrogen) atoms. The van der Waals surface area contributed by atoms with Crippen molar-refractivity contribution >= 4 is 50.6 Å². The standard InChI is InChI=1S/C21H20N4O3S/c1-11-10-13(28-12-4-2-3-5-12)6-7-14(11)25-15-8-9-23-20-16(15)17(24-21(25)27)18(29-20)19(22)26/h6-10,12H,2-5H2,1H3,(H2,22,26)(H,24,27). The molecule has 8 heteroatoms. The summed E-state index contributed by atoms with van der Waals surface area (Å²) in [6.07, 6.45) is 6.52. The molecule has 1 fully saturated rings. The number of thiophene rings is 1. The van der Waals surface area contributed by atoms with E-state index in [0.29, 0.717) is 21.1 Å². The molecular weight excluding hydrogens is 388 g/mol. The van der Waals surface area contributed by atoms with Crippen LogP contribution < -0.4 is 20.7 Å². The first-order valence-electron chi connectivity index (χ1n) is 9.62. The summed E-state index contributed by atoms with van der Waals surface area (Å²) in [5.74, 6) is 0.245. The number of hydrogen-bond acceptors (Lipinski definition) is 5. The van der Waals surface area contributed by atoms with Crippen LogP contribution in [0.3, 0.4) is 0 Å². The average Bonchev–Trinajstić information content (AvgIpc) is 3.32. The van der Waals surface area contributed by atoms with Gasteiger partial charge in [0.05, 0.1) is 28.6 Å². The van der Waals surface area contributed by atoms with E-state index in [1.54, 1.807) is 17.2 Å². The van der Waals surface area contributed by atoms with Crippen LogP contribution in [-0.2, 0) is 0 Å². The fraction of sp³-hybridized carbons (Fsp3) is 0.286. The number of benzene rings is 1. The first-order valence-corrected chi connectivity index (χ1v) is 10.4. The molecule has 3 heterocycles. The Labute approximate surface area is 171 Å². The Balaban J connectivity index is 1.57. The van der Waals surface area contributed by atoms with Gasteiger partial charge in [-0.15, -0.1) is 11.3 Å². The maximum absolute atomic E-state index is 13.0. The molecule has 0 saturated heterocycles. The van der Waals surface area contributed by atoms with E-state index in [1.165, 1.54) is 24.2 Å². The Kier molecular flexibility index (Phi) is 4.16. The lowest BCUT2D eigenvalue weighted by Gasteiger charge is -2.29. The minimum atomic E-state index is -0.577. The third-order valence-electron chi connectivity index (χ3n) is 5.48. The number of aromatic nitrogens is 1. The second-order valence-electron chi connectivity index (χ2n) is 7.42. The van der Waals surface area contributed by atoms with Crippen LogP contribution in [0.1, 0.15) is 40.9 Å². The average molecular weight is 408 g/mol. The molecule has 3 amide bonds. The van der Waals surface area contributed by atoms with E-state index in [0.717, 1.165) is 35.2 Å².